The highest BCUT2D eigenvalue weighted by Gasteiger charge is 2.16. The molecule has 0 aliphatic heterocycles. The number of hydrogen-bond donors (Lipinski definition) is 3. The Morgan fingerprint density at radius 2 is 1.89 bits per heavy atom. The van der Waals surface area contributed by atoms with Crippen molar-refractivity contribution in [1.29, 1.82) is 0 Å². The van der Waals surface area contributed by atoms with E-state index < -0.39 is 18.0 Å². The summed E-state index contributed by atoms with van der Waals surface area (Å²) in [4.78, 5) is 34.7. The molecule has 1 aromatic rings. The van der Waals surface area contributed by atoms with Crippen LogP contribution in [0.2, 0.25) is 0 Å². The maximum absolute atomic E-state index is 11.8. The third kappa shape index (κ3) is 10.7. The highest BCUT2D eigenvalue weighted by Crippen LogP contribution is 2.03. The normalized spacial score (nSPS) is 11.3. The predicted molar refractivity (Wildman–Crippen MR) is 104 cm³/mol. The molecule has 0 aromatic heterocycles. The quantitative estimate of drug-likeness (QED) is 0.363. The lowest BCUT2D eigenvalue weighted by Crippen LogP contribution is -2.44. The van der Waals surface area contributed by atoms with E-state index in [1.54, 1.807) is 6.08 Å². The molecular formula is C20H29N3O4. The maximum Gasteiger partial charge on any atom is 0.407 e. The van der Waals surface area contributed by atoms with Gasteiger partial charge in [0.15, 0.2) is 0 Å². The van der Waals surface area contributed by atoms with Crippen LogP contribution in [0.5, 0.6) is 0 Å². The molecule has 0 radical (unpaired) electrons. The number of ether oxygens (including phenoxy) is 1. The molecule has 0 heterocycles. The molecule has 0 fully saturated rings. The Labute approximate surface area is 160 Å². The number of nitrogens with one attached hydrogen (secondary N) is 2. The van der Waals surface area contributed by atoms with Crippen molar-refractivity contribution in [3.63, 3.8) is 0 Å². The molecule has 1 atom stereocenters. The molecule has 0 bridgehead atoms. The maximum atomic E-state index is 11.8. The van der Waals surface area contributed by atoms with Crippen LogP contribution in [0, 0.1) is 0 Å². The Morgan fingerprint density at radius 1 is 1.15 bits per heavy atom. The number of unbranched alkanes of at least 4 members (excludes halogenated alkanes) is 2. The fourth-order valence-electron chi connectivity index (χ4n) is 2.39. The van der Waals surface area contributed by atoms with Gasteiger partial charge in [-0.1, -0.05) is 42.8 Å². The van der Waals surface area contributed by atoms with E-state index in [1.807, 2.05) is 30.3 Å². The summed E-state index contributed by atoms with van der Waals surface area (Å²) in [6, 6.07) is 8.79. The Bertz CT molecular complexity index is 605. The Balaban J connectivity index is 2.07. The van der Waals surface area contributed by atoms with Gasteiger partial charge >= 0.3 is 6.09 Å². The molecule has 1 aromatic carbocycles. The van der Waals surface area contributed by atoms with Gasteiger partial charge in [-0.2, -0.15) is 0 Å². The summed E-state index contributed by atoms with van der Waals surface area (Å²) in [5.41, 5.74) is 6.20. The predicted octanol–water partition coefficient (Wildman–Crippen LogP) is 2.41. The molecule has 0 spiro atoms. The first-order chi connectivity index (χ1) is 13.0. The number of alkyl carbamates (subject to hydrolysis) is 1. The second-order valence-electron chi connectivity index (χ2n) is 6.19. The van der Waals surface area contributed by atoms with Crippen LogP contribution in [-0.4, -0.2) is 30.5 Å². The Kier molecular flexibility index (Phi) is 11.0. The van der Waals surface area contributed by atoms with Gasteiger partial charge in [-0.25, -0.2) is 4.79 Å². The van der Waals surface area contributed by atoms with Crippen molar-refractivity contribution in [2.45, 2.75) is 51.2 Å². The van der Waals surface area contributed by atoms with Gasteiger partial charge in [0.1, 0.15) is 12.6 Å². The molecule has 7 heteroatoms. The molecule has 7 nitrogen and oxygen atoms in total. The van der Waals surface area contributed by atoms with Crippen LogP contribution >= 0.6 is 0 Å². The number of amides is 3. The topological polar surface area (TPSA) is 111 Å². The molecule has 0 unspecified atom stereocenters. The molecule has 0 aliphatic carbocycles. The molecule has 0 saturated heterocycles. The molecule has 0 aliphatic rings. The van der Waals surface area contributed by atoms with Gasteiger partial charge in [0.05, 0.1) is 0 Å². The van der Waals surface area contributed by atoms with Crippen LogP contribution < -0.4 is 16.4 Å². The number of primary amides is 1. The number of carbonyl (C=O) groups is 3. The lowest BCUT2D eigenvalue weighted by atomic mass is 10.1. The largest absolute Gasteiger partial charge is 0.445 e. The van der Waals surface area contributed by atoms with Crippen molar-refractivity contribution in [3.05, 3.63) is 48.6 Å². The Hall–Kier alpha value is -2.83. The lowest BCUT2D eigenvalue weighted by molar-refractivity contribution is -0.127. The summed E-state index contributed by atoms with van der Waals surface area (Å²) in [5.74, 6) is -0.735. The van der Waals surface area contributed by atoms with Gasteiger partial charge in [-0.05, 0) is 31.2 Å². The molecule has 1 rings (SSSR count). The van der Waals surface area contributed by atoms with E-state index >= 15 is 0 Å². The number of hydrogen-bond acceptors (Lipinski definition) is 4. The molecule has 3 amide bonds. The molecule has 27 heavy (non-hydrogen) atoms. The Morgan fingerprint density at radius 3 is 2.56 bits per heavy atom. The fraction of sp³-hybridized carbons (Fsp3) is 0.450. The third-order valence-electron chi connectivity index (χ3n) is 3.90. The zero-order chi connectivity index (χ0) is 19.9. The summed E-state index contributed by atoms with van der Waals surface area (Å²) in [6.45, 7) is 4.31. The van der Waals surface area contributed by atoms with E-state index in [1.165, 1.54) is 0 Å². The van der Waals surface area contributed by atoms with Crippen molar-refractivity contribution >= 4 is 17.9 Å². The standard InChI is InChI=1S/C20H29N3O4/c1-2-3-12-17(19(21)25)23-18(24)13-8-5-9-14-22-20(26)27-15-16-10-6-4-7-11-16/h2,4,6-7,10-11,17H,1,3,5,8-9,12-15H2,(H2,21,25)(H,22,26)(H,23,24)/t17-/m0/s1. The van der Waals surface area contributed by atoms with Crippen LogP contribution in [0.3, 0.4) is 0 Å². The van der Waals surface area contributed by atoms with Crippen molar-refractivity contribution < 1.29 is 19.1 Å². The van der Waals surface area contributed by atoms with Crippen LogP contribution in [-0.2, 0) is 20.9 Å². The van der Waals surface area contributed by atoms with Crippen molar-refractivity contribution in [3.8, 4) is 0 Å². The zero-order valence-corrected chi connectivity index (χ0v) is 15.6. The average Bonchev–Trinajstić information content (AvgIpc) is 2.66. The minimum atomic E-state index is -0.656. The van der Waals surface area contributed by atoms with Crippen LogP contribution in [0.4, 0.5) is 4.79 Å². The van der Waals surface area contributed by atoms with Crippen LogP contribution in [0.15, 0.2) is 43.0 Å². The lowest BCUT2D eigenvalue weighted by Gasteiger charge is -2.14. The summed E-state index contributed by atoms with van der Waals surface area (Å²) >= 11 is 0. The van der Waals surface area contributed by atoms with Gasteiger partial charge in [0, 0.05) is 13.0 Å². The van der Waals surface area contributed by atoms with Gasteiger partial charge in [0.25, 0.3) is 0 Å². The molecule has 0 saturated carbocycles. The van der Waals surface area contributed by atoms with Crippen LogP contribution in [0.25, 0.3) is 0 Å². The first kappa shape index (κ1) is 22.2. The second-order valence-corrected chi connectivity index (χ2v) is 6.19. The number of nitrogens with two attached hydrogens (primary N) is 1. The second kappa shape index (κ2) is 13.4. The van der Waals surface area contributed by atoms with E-state index in [4.69, 9.17) is 10.5 Å². The van der Waals surface area contributed by atoms with Crippen LogP contribution in [0.1, 0.15) is 44.1 Å². The van der Waals surface area contributed by atoms with E-state index in [9.17, 15) is 14.4 Å². The SMILES string of the molecule is C=CCC[C@H](NC(=O)CCCCCNC(=O)OCc1ccccc1)C(N)=O. The minimum absolute atomic E-state index is 0.196. The summed E-state index contributed by atoms with van der Waals surface area (Å²) in [5, 5.41) is 5.32. The van der Waals surface area contributed by atoms with Crippen molar-refractivity contribution in [1.82, 2.24) is 10.6 Å². The average molecular weight is 375 g/mol. The molecule has 4 N–H and O–H groups in total. The highest BCUT2D eigenvalue weighted by atomic mass is 16.5. The summed E-state index contributed by atoms with van der Waals surface area (Å²) in [7, 11) is 0. The number of benzene rings is 1. The fourth-order valence-corrected chi connectivity index (χ4v) is 2.39. The van der Waals surface area contributed by atoms with Gasteiger partial charge in [-0.15, -0.1) is 6.58 Å². The first-order valence-electron chi connectivity index (χ1n) is 9.17. The first-order valence-corrected chi connectivity index (χ1v) is 9.17. The number of allylic oxidation sites excluding steroid dienone is 1. The minimum Gasteiger partial charge on any atom is -0.445 e. The smallest absolute Gasteiger partial charge is 0.407 e. The summed E-state index contributed by atoms with van der Waals surface area (Å²) in [6.07, 6.45) is 4.79. The van der Waals surface area contributed by atoms with Crippen molar-refractivity contribution in [2.24, 2.45) is 5.73 Å². The monoisotopic (exact) mass is 375 g/mol. The number of carbonyl (C=O) groups excluding carboxylic acids is 3. The molecule has 148 valence electrons. The van der Waals surface area contributed by atoms with Crippen molar-refractivity contribution in [2.75, 3.05) is 6.54 Å². The van der Waals surface area contributed by atoms with Gasteiger partial charge in [0.2, 0.25) is 11.8 Å². The van der Waals surface area contributed by atoms with Gasteiger partial charge < -0.3 is 21.1 Å². The van der Waals surface area contributed by atoms with E-state index in [0.29, 0.717) is 32.2 Å². The molecular weight excluding hydrogens is 346 g/mol. The third-order valence-corrected chi connectivity index (χ3v) is 3.90. The van der Waals surface area contributed by atoms with Gasteiger partial charge in [-0.3, -0.25) is 9.59 Å². The van der Waals surface area contributed by atoms with E-state index in [2.05, 4.69) is 17.2 Å². The highest BCUT2D eigenvalue weighted by molar-refractivity contribution is 5.86. The zero-order valence-electron chi connectivity index (χ0n) is 15.6. The van der Waals surface area contributed by atoms with E-state index in [-0.39, 0.29) is 12.5 Å². The summed E-state index contributed by atoms with van der Waals surface area (Å²) < 4.78 is 5.11. The van der Waals surface area contributed by atoms with E-state index in [0.717, 1.165) is 18.4 Å². The number of rotatable bonds is 13.